The maximum atomic E-state index is 5.80. The molecule has 2 aromatic heterocycles. The SMILES string of the molecule is CN=CCc1cccc(-c2ncnc3c2ccn3COCC[S+](C)C)c1. The van der Waals surface area contributed by atoms with E-state index in [1.54, 1.807) is 13.4 Å². The highest BCUT2D eigenvalue weighted by Crippen LogP contribution is 2.26. The molecule has 0 unspecified atom stereocenters. The second-order valence-electron chi connectivity index (χ2n) is 6.32. The molecule has 26 heavy (non-hydrogen) atoms. The van der Waals surface area contributed by atoms with Crippen LogP contribution in [-0.2, 0) is 28.8 Å². The van der Waals surface area contributed by atoms with Crippen molar-refractivity contribution in [2.24, 2.45) is 4.99 Å². The number of ether oxygens (including phenoxy) is 1. The van der Waals surface area contributed by atoms with Crippen LogP contribution in [0.1, 0.15) is 5.56 Å². The van der Waals surface area contributed by atoms with Crippen molar-refractivity contribution in [2.75, 3.05) is 31.9 Å². The van der Waals surface area contributed by atoms with Crippen molar-refractivity contribution in [1.82, 2.24) is 14.5 Å². The summed E-state index contributed by atoms with van der Waals surface area (Å²) in [7, 11) is 2.20. The average Bonchev–Trinajstić information content (AvgIpc) is 3.07. The smallest absolute Gasteiger partial charge is 0.145 e. The van der Waals surface area contributed by atoms with Gasteiger partial charge in [0.1, 0.15) is 24.5 Å². The minimum atomic E-state index is 0.406. The summed E-state index contributed by atoms with van der Waals surface area (Å²) in [6.45, 7) is 1.29. The number of hydrogen-bond acceptors (Lipinski definition) is 4. The molecular weight excluding hydrogens is 344 g/mol. The van der Waals surface area contributed by atoms with Crippen molar-refractivity contribution < 1.29 is 4.74 Å². The third kappa shape index (κ3) is 4.51. The molecule has 0 aliphatic rings. The van der Waals surface area contributed by atoms with Crippen molar-refractivity contribution in [3.8, 4) is 11.3 Å². The first-order chi connectivity index (χ1) is 12.7. The first-order valence-electron chi connectivity index (χ1n) is 8.60. The van der Waals surface area contributed by atoms with Crippen molar-refractivity contribution in [1.29, 1.82) is 0 Å². The third-order valence-electron chi connectivity index (χ3n) is 4.13. The summed E-state index contributed by atoms with van der Waals surface area (Å²) < 4.78 is 7.84. The van der Waals surface area contributed by atoms with Gasteiger partial charge in [-0.3, -0.25) is 0 Å². The lowest BCUT2D eigenvalue weighted by Gasteiger charge is -2.07. The molecule has 0 aliphatic heterocycles. The van der Waals surface area contributed by atoms with E-state index in [4.69, 9.17) is 4.74 Å². The molecule has 3 aromatic rings. The minimum absolute atomic E-state index is 0.406. The number of aliphatic imine (C=N–C) groups is 1. The summed E-state index contributed by atoms with van der Waals surface area (Å²) in [5, 5.41) is 1.04. The van der Waals surface area contributed by atoms with Gasteiger partial charge in [-0.15, -0.1) is 0 Å². The Hall–Kier alpha value is -2.18. The van der Waals surface area contributed by atoms with Crippen molar-refractivity contribution in [3.05, 3.63) is 48.4 Å². The molecule has 6 heteroatoms. The molecular formula is C20H25N4OS+. The quantitative estimate of drug-likeness (QED) is 0.348. The average molecular weight is 370 g/mol. The molecule has 5 nitrogen and oxygen atoms in total. The van der Waals surface area contributed by atoms with Gasteiger partial charge in [0.05, 0.1) is 24.8 Å². The second-order valence-corrected chi connectivity index (χ2v) is 8.70. The molecule has 0 N–H and O–H groups in total. The number of fused-ring (bicyclic) bond motifs is 1. The molecule has 0 radical (unpaired) electrons. The number of nitrogens with zero attached hydrogens (tertiary/aromatic N) is 4. The Morgan fingerprint density at radius 1 is 1.23 bits per heavy atom. The van der Waals surface area contributed by atoms with Gasteiger partial charge >= 0.3 is 0 Å². The first kappa shape index (κ1) is 18.6. The Morgan fingerprint density at radius 2 is 2.12 bits per heavy atom. The van der Waals surface area contributed by atoms with Gasteiger partial charge in [0.2, 0.25) is 0 Å². The lowest BCUT2D eigenvalue weighted by atomic mass is 10.0. The fourth-order valence-corrected chi connectivity index (χ4v) is 3.22. The molecule has 2 heterocycles. The van der Waals surface area contributed by atoms with Gasteiger partial charge in [-0.1, -0.05) is 18.2 Å². The molecule has 3 rings (SSSR count). The Bertz CT molecular complexity index is 888. The van der Waals surface area contributed by atoms with Crippen LogP contribution >= 0.6 is 0 Å². The molecule has 0 aliphatic carbocycles. The van der Waals surface area contributed by atoms with Crippen LogP contribution in [-0.4, -0.2) is 52.7 Å². The molecule has 0 fully saturated rings. The van der Waals surface area contributed by atoms with Crippen LogP contribution in [0.4, 0.5) is 0 Å². The number of aromatic nitrogens is 3. The minimum Gasteiger partial charge on any atom is -0.356 e. The van der Waals surface area contributed by atoms with Gasteiger partial charge in [-0.25, -0.2) is 9.97 Å². The largest absolute Gasteiger partial charge is 0.356 e. The fourth-order valence-electron chi connectivity index (χ4n) is 2.77. The fraction of sp³-hybridized carbons (Fsp3) is 0.350. The van der Waals surface area contributed by atoms with Gasteiger partial charge in [0.25, 0.3) is 0 Å². The van der Waals surface area contributed by atoms with Gasteiger partial charge in [0.15, 0.2) is 0 Å². The third-order valence-corrected chi connectivity index (χ3v) is 5.12. The highest BCUT2D eigenvalue weighted by Gasteiger charge is 2.11. The van der Waals surface area contributed by atoms with Crippen LogP contribution in [0.15, 0.2) is 47.8 Å². The van der Waals surface area contributed by atoms with Gasteiger partial charge in [-0.2, -0.15) is 0 Å². The summed E-state index contributed by atoms with van der Waals surface area (Å²) in [6, 6.07) is 10.5. The molecule has 0 amide bonds. The zero-order chi connectivity index (χ0) is 18.4. The van der Waals surface area contributed by atoms with Crippen LogP contribution in [0.25, 0.3) is 22.3 Å². The zero-order valence-electron chi connectivity index (χ0n) is 15.6. The molecule has 0 saturated carbocycles. The number of rotatable bonds is 8. The molecule has 0 saturated heterocycles. The Morgan fingerprint density at radius 3 is 2.92 bits per heavy atom. The molecule has 0 atom stereocenters. The van der Waals surface area contributed by atoms with E-state index in [-0.39, 0.29) is 0 Å². The number of hydrogen-bond donors (Lipinski definition) is 0. The normalized spacial score (nSPS) is 11.8. The van der Waals surface area contributed by atoms with Crippen LogP contribution in [0.2, 0.25) is 0 Å². The van der Waals surface area contributed by atoms with Gasteiger partial charge in [0, 0.05) is 36.8 Å². The van der Waals surface area contributed by atoms with Crippen LogP contribution in [0.3, 0.4) is 0 Å². The van der Waals surface area contributed by atoms with E-state index >= 15 is 0 Å². The maximum absolute atomic E-state index is 5.80. The van der Waals surface area contributed by atoms with Crippen molar-refractivity contribution in [3.63, 3.8) is 0 Å². The van der Waals surface area contributed by atoms with Crippen molar-refractivity contribution >= 4 is 28.1 Å². The lowest BCUT2D eigenvalue weighted by Crippen LogP contribution is -2.11. The molecule has 0 bridgehead atoms. The summed E-state index contributed by atoms with van der Waals surface area (Å²) in [4.78, 5) is 13.1. The van der Waals surface area contributed by atoms with E-state index < -0.39 is 0 Å². The summed E-state index contributed by atoms with van der Waals surface area (Å²) in [5.74, 6) is 1.09. The van der Waals surface area contributed by atoms with E-state index in [9.17, 15) is 0 Å². The topological polar surface area (TPSA) is 52.3 Å². The second kappa shape index (κ2) is 8.96. The van der Waals surface area contributed by atoms with E-state index in [1.807, 2.05) is 17.0 Å². The van der Waals surface area contributed by atoms with Crippen LogP contribution in [0.5, 0.6) is 0 Å². The monoisotopic (exact) mass is 369 g/mol. The lowest BCUT2D eigenvalue weighted by molar-refractivity contribution is 0.0924. The molecule has 136 valence electrons. The van der Waals surface area contributed by atoms with Crippen LogP contribution < -0.4 is 0 Å². The highest BCUT2D eigenvalue weighted by atomic mass is 32.2. The van der Waals surface area contributed by atoms with Gasteiger partial charge < -0.3 is 14.3 Å². The van der Waals surface area contributed by atoms with E-state index in [0.717, 1.165) is 41.1 Å². The van der Waals surface area contributed by atoms with Crippen molar-refractivity contribution in [2.45, 2.75) is 13.2 Å². The Labute approximate surface area is 157 Å². The first-order valence-corrected chi connectivity index (χ1v) is 10.8. The summed E-state index contributed by atoms with van der Waals surface area (Å²) >= 11 is 0. The highest BCUT2D eigenvalue weighted by molar-refractivity contribution is 7.95. The van der Waals surface area contributed by atoms with Crippen LogP contribution in [0, 0.1) is 0 Å². The molecule has 0 spiro atoms. The molecule has 1 aromatic carbocycles. The predicted octanol–water partition coefficient (Wildman–Crippen LogP) is 3.19. The van der Waals surface area contributed by atoms with E-state index in [2.05, 4.69) is 57.8 Å². The Kier molecular flexibility index (Phi) is 6.41. The predicted molar refractivity (Wildman–Crippen MR) is 111 cm³/mol. The van der Waals surface area contributed by atoms with E-state index in [0.29, 0.717) is 17.6 Å². The standard InChI is InChI=1S/C20H25N4OS/c1-21-9-7-16-5-4-6-17(13-16)19-18-8-10-24(20(18)23-14-22-19)15-25-11-12-26(2)3/h4-6,8-10,13-14H,7,11-12,15H2,1-3H3/q+1. The summed E-state index contributed by atoms with van der Waals surface area (Å²) in [6.07, 6.45) is 10.9. The van der Waals surface area contributed by atoms with Gasteiger partial charge in [-0.05, 0) is 28.6 Å². The van der Waals surface area contributed by atoms with E-state index in [1.165, 1.54) is 5.56 Å². The maximum Gasteiger partial charge on any atom is 0.145 e. The summed E-state index contributed by atoms with van der Waals surface area (Å²) in [5.41, 5.74) is 4.17. The zero-order valence-corrected chi connectivity index (χ0v) is 16.4. The Balaban J connectivity index is 1.84. The number of benzene rings is 1.